The summed E-state index contributed by atoms with van der Waals surface area (Å²) in [4.78, 5) is 19.5. The lowest BCUT2D eigenvalue weighted by molar-refractivity contribution is -0.114. The Labute approximate surface area is 215 Å². The maximum Gasteiger partial charge on any atom is 0.417 e. The second-order valence-electron chi connectivity index (χ2n) is 10.6. The molecule has 194 valence electrons. The van der Waals surface area contributed by atoms with E-state index >= 15 is 0 Å². The largest absolute Gasteiger partial charge is 0.417 e. The van der Waals surface area contributed by atoms with E-state index in [-0.39, 0.29) is 22.1 Å². The summed E-state index contributed by atoms with van der Waals surface area (Å²) in [5, 5.41) is 0. The Kier molecular flexibility index (Phi) is 6.15. The number of aromatic amines is 1. The third kappa shape index (κ3) is 4.36. The Morgan fingerprint density at radius 3 is 2.89 bits per heavy atom. The van der Waals surface area contributed by atoms with Crippen molar-refractivity contribution in [2.45, 2.75) is 75.0 Å². The monoisotopic (exact) mass is 531 g/mol. The Balaban J connectivity index is 1.04. The molecule has 0 bridgehead atoms. The number of rotatable bonds is 6. The fraction of sp³-hybridized carbons (Fsp3) is 0.577. The number of fused-ring (bicyclic) bond motifs is 3. The predicted molar refractivity (Wildman–Crippen MR) is 139 cm³/mol. The van der Waals surface area contributed by atoms with Gasteiger partial charge >= 0.3 is 5.76 Å². The molecule has 2 atom stereocenters. The third-order valence-corrected chi connectivity index (χ3v) is 11.1. The molecule has 0 unspecified atom stereocenters. The highest BCUT2D eigenvalue weighted by Gasteiger charge is 2.45. The Morgan fingerprint density at radius 1 is 1.28 bits per heavy atom. The highest BCUT2D eigenvalue weighted by atomic mass is 32.2. The Hall–Kier alpha value is -1.98. The van der Waals surface area contributed by atoms with Crippen LogP contribution < -0.4 is 10.5 Å². The van der Waals surface area contributed by atoms with E-state index in [0.29, 0.717) is 17.5 Å². The number of hydrogen-bond acceptors (Lipinski definition) is 7. The van der Waals surface area contributed by atoms with E-state index in [9.17, 15) is 13.2 Å². The zero-order chi connectivity index (χ0) is 25.1. The van der Waals surface area contributed by atoms with Gasteiger partial charge in [-0.1, -0.05) is 6.92 Å². The fourth-order valence-electron chi connectivity index (χ4n) is 6.24. The number of benzene rings is 1. The van der Waals surface area contributed by atoms with E-state index in [2.05, 4.69) is 34.5 Å². The van der Waals surface area contributed by atoms with Crippen molar-refractivity contribution in [3.05, 3.63) is 50.1 Å². The smallest absolute Gasteiger partial charge is 0.408 e. The molecule has 0 amide bonds. The van der Waals surface area contributed by atoms with Gasteiger partial charge in [-0.3, -0.25) is 4.98 Å². The van der Waals surface area contributed by atoms with Crippen molar-refractivity contribution in [2.24, 2.45) is 5.92 Å². The van der Waals surface area contributed by atoms with E-state index in [1.54, 1.807) is 6.07 Å². The van der Waals surface area contributed by atoms with E-state index in [1.165, 1.54) is 27.5 Å². The highest BCUT2D eigenvalue weighted by Crippen LogP contribution is 2.46. The molecule has 10 heteroatoms. The van der Waals surface area contributed by atoms with Crippen LogP contribution in [0.25, 0.3) is 11.1 Å². The van der Waals surface area contributed by atoms with Crippen molar-refractivity contribution in [1.29, 1.82) is 0 Å². The van der Waals surface area contributed by atoms with Crippen LogP contribution in [0.5, 0.6) is 0 Å². The maximum atomic E-state index is 12.9. The minimum Gasteiger partial charge on any atom is -0.408 e. The highest BCUT2D eigenvalue weighted by molar-refractivity contribution is 7.89. The fourth-order valence-corrected chi connectivity index (χ4v) is 8.69. The van der Waals surface area contributed by atoms with Crippen molar-refractivity contribution in [2.75, 3.05) is 19.7 Å². The molecule has 1 aromatic carbocycles. The Morgan fingerprint density at radius 2 is 2.11 bits per heavy atom. The first kappa shape index (κ1) is 24.4. The third-order valence-electron chi connectivity index (χ3n) is 8.21. The van der Waals surface area contributed by atoms with Gasteiger partial charge in [0.25, 0.3) is 0 Å². The number of thiophene rings is 1. The summed E-state index contributed by atoms with van der Waals surface area (Å²) in [5.74, 6) is -0.112. The normalized spacial score (nSPS) is 28.9. The molecule has 3 aliphatic rings. The quantitative estimate of drug-likeness (QED) is 0.502. The molecule has 2 aliphatic heterocycles. The van der Waals surface area contributed by atoms with Crippen LogP contribution in [-0.2, 0) is 33.2 Å². The summed E-state index contributed by atoms with van der Waals surface area (Å²) >= 11 is 1.96. The molecule has 3 aromatic rings. The molecule has 1 saturated carbocycles. The van der Waals surface area contributed by atoms with Crippen LogP contribution in [-0.4, -0.2) is 50.1 Å². The van der Waals surface area contributed by atoms with Gasteiger partial charge in [0.15, 0.2) is 5.58 Å². The van der Waals surface area contributed by atoms with Gasteiger partial charge in [0.05, 0.1) is 22.6 Å². The lowest BCUT2D eigenvalue weighted by atomic mass is 9.77. The van der Waals surface area contributed by atoms with Crippen LogP contribution in [0.3, 0.4) is 0 Å². The number of nitrogens with one attached hydrogen (secondary N) is 2. The first-order chi connectivity index (χ1) is 17.2. The van der Waals surface area contributed by atoms with Gasteiger partial charge in [-0.25, -0.2) is 17.9 Å². The molecule has 1 aliphatic carbocycles. The van der Waals surface area contributed by atoms with Crippen LogP contribution in [0.4, 0.5) is 0 Å². The zero-order valence-electron chi connectivity index (χ0n) is 20.7. The number of ether oxygens (including phenoxy) is 1. The standard InChI is InChI=1S/C26H33N3O5S2/c1-3-19-12-21-24(35-19)6-9-33-26(21)7-8-29(16(2)14-26)15-17-10-18(11-17)28-36(31,32)20-4-5-22-23(13-20)34-25(30)27-22/h4-5,12-13,16-18,28H,3,6-11,14-15H2,1-2H3,(H,27,30)/t16-,17-,18+,26+/m0/s1. The van der Waals surface area contributed by atoms with Gasteiger partial charge < -0.3 is 14.1 Å². The number of likely N-dealkylation sites (tertiary alicyclic amines) is 1. The van der Waals surface area contributed by atoms with Crippen LogP contribution in [0, 0.1) is 5.92 Å². The SMILES string of the molecule is CCc1cc2c(s1)CCO[C@@]21CCN(C[C@H]2C[C@@H](NS(=O)(=O)c3ccc4[nH]c(=O)oc4c3)C2)[C@@H](C)C1. The predicted octanol–water partition coefficient (Wildman–Crippen LogP) is 3.75. The number of sulfonamides is 1. The van der Waals surface area contributed by atoms with Gasteiger partial charge in [0.2, 0.25) is 10.0 Å². The molecular weight excluding hydrogens is 498 g/mol. The van der Waals surface area contributed by atoms with Crippen molar-refractivity contribution >= 4 is 32.5 Å². The van der Waals surface area contributed by atoms with Crippen molar-refractivity contribution in [1.82, 2.24) is 14.6 Å². The second-order valence-corrected chi connectivity index (χ2v) is 13.6. The molecule has 2 N–H and O–H groups in total. The summed E-state index contributed by atoms with van der Waals surface area (Å²) in [7, 11) is -3.67. The summed E-state index contributed by atoms with van der Waals surface area (Å²) in [5.41, 5.74) is 2.04. The minimum absolute atomic E-state index is 0.0668. The molecule has 4 heterocycles. The lowest BCUT2D eigenvalue weighted by Gasteiger charge is -2.49. The van der Waals surface area contributed by atoms with Gasteiger partial charge in [0.1, 0.15) is 0 Å². The van der Waals surface area contributed by atoms with E-state index in [4.69, 9.17) is 9.15 Å². The summed E-state index contributed by atoms with van der Waals surface area (Å²) < 4.78 is 40.0. The average molecular weight is 532 g/mol. The van der Waals surface area contributed by atoms with Crippen LogP contribution >= 0.6 is 11.3 Å². The van der Waals surface area contributed by atoms with Crippen molar-refractivity contribution < 1.29 is 17.6 Å². The maximum absolute atomic E-state index is 12.9. The topological polar surface area (TPSA) is 105 Å². The average Bonchev–Trinajstić information content (AvgIpc) is 3.42. The molecule has 2 fully saturated rings. The molecule has 0 radical (unpaired) electrons. The number of nitrogens with zero attached hydrogens (tertiary/aromatic N) is 1. The molecule has 1 saturated heterocycles. The molecule has 36 heavy (non-hydrogen) atoms. The number of hydrogen-bond donors (Lipinski definition) is 2. The number of piperidine rings is 1. The molecule has 8 nitrogen and oxygen atoms in total. The van der Waals surface area contributed by atoms with Gasteiger partial charge in [-0.05, 0) is 68.7 Å². The number of oxazole rings is 1. The Bertz CT molecular complexity index is 1440. The first-order valence-corrected chi connectivity index (χ1v) is 15.2. The zero-order valence-corrected chi connectivity index (χ0v) is 22.3. The molecule has 2 aromatic heterocycles. The summed E-state index contributed by atoms with van der Waals surface area (Å²) in [6, 6.07) is 7.20. The molecule has 6 rings (SSSR count). The minimum atomic E-state index is -3.67. The number of aryl methyl sites for hydroxylation is 1. The van der Waals surface area contributed by atoms with Crippen LogP contribution in [0.15, 0.2) is 38.4 Å². The van der Waals surface area contributed by atoms with Crippen molar-refractivity contribution in [3.8, 4) is 0 Å². The van der Waals surface area contributed by atoms with Gasteiger partial charge in [-0.15, -0.1) is 11.3 Å². The molecular formula is C26H33N3O5S2. The van der Waals surface area contributed by atoms with Crippen LogP contribution in [0.1, 0.15) is 54.8 Å². The van der Waals surface area contributed by atoms with E-state index in [1.807, 2.05) is 11.3 Å². The second kappa shape index (κ2) is 9.09. The number of H-pyrrole nitrogens is 1. The number of aromatic nitrogens is 1. The van der Waals surface area contributed by atoms with E-state index < -0.39 is 15.8 Å². The lowest BCUT2D eigenvalue weighted by Crippen LogP contribution is -2.54. The van der Waals surface area contributed by atoms with Gasteiger partial charge in [0, 0.05) is 47.4 Å². The van der Waals surface area contributed by atoms with E-state index in [0.717, 1.165) is 58.2 Å². The molecule has 1 spiro atoms. The summed E-state index contributed by atoms with van der Waals surface area (Å²) in [6.45, 7) is 7.35. The van der Waals surface area contributed by atoms with Crippen molar-refractivity contribution in [3.63, 3.8) is 0 Å². The van der Waals surface area contributed by atoms with Gasteiger partial charge in [-0.2, -0.15) is 0 Å². The first-order valence-electron chi connectivity index (χ1n) is 12.9. The summed E-state index contributed by atoms with van der Waals surface area (Å²) in [6.07, 6.45) is 5.82. The van der Waals surface area contributed by atoms with Crippen LogP contribution in [0.2, 0.25) is 0 Å².